The lowest BCUT2D eigenvalue weighted by atomic mass is 10.3. The van der Waals surface area contributed by atoms with E-state index in [-0.39, 0.29) is 0 Å². The third-order valence-electron chi connectivity index (χ3n) is 3.02. The summed E-state index contributed by atoms with van der Waals surface area (Å²) in [5.41, 5.74) is 0.808. The van der Waals surface area contributed by atoms with Crippen molar-refractivity contribution >= 4 is 17.2 Å². The zero-order chi connectivity index (χ0) is 11.7. The molecule has 0 aromatic carbocycles. The van der Waals surface area contributed by atoms with Gasteiger partial charge in [0.2, 0.25) is 0 Å². The fraction of sp³-hybridized carbons (Fsp3) is 0.455. The van der Waals surface area contributed by atoms with E-state index in [1.54, 1.807) is 0 Å². The van der Waals surface area contributed by atoms with Crippen molar-refractivity contribution in [3.05, 3.63) is 29.2 Å². The van der Waals surface area contributed by atoms with Gasteiger partial charge in [-0.25, -0.2) is 0 Å². The van der Waals surface area contributed by atoms with Gasteiger partial charge in [0.25, 0.3) is 0 Å². The van der Waals surface area contributed by atoms with Gasteiger partial charge in [0.05, 0.1) is 6.54 Å². The van der Waals surface area contributed by atoms with Crippen LogP contribution < -0.4 is 5.32 Å². The van der Waals surface area contributed by atoms with Gasteiger partial charge < -0.3 is 5.32 Å². The molecule has 0 radical (unpaired) electrons. The maximum absolute atomic E-state index is 5.92. The highest BCUT2D eigenvalue weighted by atomic mass is 35.5. The number of halogens is 1. The van der Waals surface area contributed by atoms with Crippen LogP contribution in [-0.2, 0) is 6.54 Å². The fourth-order valence-electron chi connectivity index (χ4n) is 2.09. The van der Waals surface area contributed by atoms with E-state index < -0.39 is 0 Å². The van der Waals surface area contributed by atoms with E-state index in [2.05, 4.69) is 20.4 Å². The van der Waals surface area contributed by atoms with Crippen LogP contribution in [0.25, 0.3) is 5.65 Å². The van der Waals surface area contributed by atoms with E-state index in [1.165, 1.54) is 0 Å². The van der Waals surface area contributed by atoms with E-state index >= 15 is 0 Å². The summed E-state index contributed by atoms with van der Waals surface area (Å²) in [5, 5.41) is 12.4. The summed E-state index contributed by atoms with van der Waals surface area (Å²) >= 11 is 5.92. The Bertz CT molecular complexity index is 518. The van der Waals surface area contributed by atoms with Crippen molar-refractivity contribution in [1.29, 1.82) is 0 Å². The minimum absolute atomic E-state index is 0.693. The standard InChI is InChI=1S/C11H14ClN5/c12-9-1-4-17-10(7-9)14-15-11(17)8-16-5-2-13-3-6-16/h1,4,7,13H,2-3,5-6,8H2. The topological polar surface area (TPSA) is 45.5 Å². The molecule has 2 aromatic rings. The number of fused-ring (bicyclic) bond motifs is 1. The molecule has 3 heterocycles. The van der Waals surface area contributed by atoms with Crippen LogP contribution in [0.3, 0.4) is 0 Å². The minimum atomic E-state index is 0.693. The van der Waals surface area contributed by atoms with Gasteiger partial charge in [-0.15, -0.1) is 10.2 Å². The highest BCUT2D eigenvalue weighted by Gasteiger charge is 2.13. The van der Waals surface area contributed by atoms with E-state index in [1.807, 2.05) is 22.7 Å². The second kappa shape index (κ2) is 4.60. The van der Waals surface area contributed by atoms with Crippen LogP contribution in [0.15, 0.2) is 18.3 Å². The Morgan fingerprint density at radius 1 is 1.29 bits per heavy atom. The third kappa shape index (κ3) is 2.26. The molecule has 3 rings (SSSR count). The molecule has 2 aromatic heterocycles. The van der Waals surface area contributed by atoms with Crippen LogP contribution in [-0.4, -0.2) is 45.7 Å². The SMILES string of the molecule is Clc1ccn2c(CN3CCNCC3)nnc2c1. The van der Waals surface area contributed by atoms with E-state index in [4.69, 9.17) is 11.6 Å². The molecule has 0 saturated carbocycles. The summed E-state index contributed by atoms with van der Waals surface area (Å²) in [6.45, 7) is 5.04. The molecule has 1 aliphatic heterocycles. The average Bonchev–Trinajstić information content (AvgIpc) is 2.73. The summed E-state index contributed by atoms with van der Waals surface area (Å²) < 4.78 is 1.99. The first kappa shape index (κ1) is 11.0. The number of aromatic nitrogens is 3. The van der Waals surface area contributed by atoms with Gasteiger partial charge in [0, 0.05) is 43.5 Å². The molecule has 0 unspecified atom stereocenters. The van der Waals surface area contributed by atoms with Crippen LogP contribution in [0.4, 0.5) is 0 Å². The van der Waals surface area contributed by atoms with Crippen molar-refractivity contribution in [1.82, 2.24) is 24.8 Å². The van der Waals surface area contributed by atoms with Gasteiger partial charge in [0.15, 0.2) is 11.5 Å². The second-order valence-electron chi connectivity index (χ2n) is 4.22. The maximum atomic E-state index is 5.92. The molecule has 17 heavy (non-hydrogen) atoms. The van der Waals surface area contributed by atoms with Gasteiger partial charge in [-0.1, -0.05) is 11.6 Å². The lowest BCUT2D eigenvalue weighted by Gasteiger charge is -2.26. The molecule has 0 bridgehead atoms. The van der Waals surface area contributed by atoms with Crippen LogP contribution in [0.5, 0.6) is 0 Å². The summed E-state index contributed by atoms with van der Waals surface area (Å²) in [7, 11) is 0. The highest BCUT2D eigenvalue weighted by Crippen LogP contribution is 2.13. The monoisotopic (exact) mass is 251 g/mol. The summed E-state index contributed by atoms with van der Waals surface area (Å²) in [5.74, 6) is 0.971. The molecule has 1 aliphatic rings. The van der Waals surface area contributed by atoms with E-state index in [0.717, 1.165) is 44.2 Å². The minimum Gasteiger partial charge on any atom is -0.314 e. The number of hydrogen-bond acceptors (Lipinski definition) is 4. The van der Waals surface area contributed by atoms with Gasteiger partial charge in [-0.05, 0) is 6.07 Å². The van der Waals surface area contributed by atoms with Gasteiger partial charge in [-0.2, -0.15) is 0 Å². The number of hydrogen-bond donors (Lipinski definition) is 1. The Balaban J connectivity index is 1.84. The number of rotatable bonds is 2. The molecule has 0 atom stereocenters. The van der Waals surface area contributed by atoms with Crippen molar-refractivity contribution in [2.24, 2.45) is 0 Å². The summed E-state index contributed by atoms with van der Waals surface area (Å²) in [4.78, 5) is 2.38. The first-order valence-electron chi connectivity index (χ1n) is 5.75. The van der Waals surface area contributed by atoms with Crippen LogP contribution >= 0.6 is 11.6 Å². The zero-order valence-electron chi connectivity index (χ0n) is 9.43. The van der Waals surface area contributed by atoms with Crippen LogP contribution in [0.2, 0.25) is 5.02 Å². The molecular formula is C11H14ClN5. The van der Waals surface area contributed by atoms with Crippen molar-refractivity contribution in [3.8, 4) is 0 Å². The van der Waals surface area contributed by atoms with Gasteiger partial charge in [0.1, 0.15) is 0 Å². The molecule has 6 heteroatoms. The zero-order valence-corrected chi connectivity index (χ0v) is 10.2. The third-order valence-corrected chi connectivity index (χ3v) is 3.25. The Morgan fingerprint density at radius 3 is 2.94 bits per heavy atom. The average molecular weight is 252 g/mol. The fourth-order valence-corrected chi connectivity index (χ4v) is 2.25. The van der Waals surface area contributed by atoms with E-state index in [0.29, 0.717) is 5.02 Å². The smallest absolute Gasteiger partial charge is 0.162 e. The van der Waals surface area contributed by atoms with Gasteiger partial charge >= 0.3 is 0 Å². The molecule has 0 spiro atoms. The largest absolute Gasteiger partial charge is 0.314 e. The predicted molar refractivity (Wildman–Crippen MR) is 66.1 cm³/mol. The Morgan fingerprint density at radius 2 is 2.12 bits per heavy atom. The normalized spacial score (nSPS) is 17.7. The van der Waals surface area contributed by atoms with Crippen LogP contribution in [0, 0.1) is 0 Å². The van der Waals surface area contributed by atoms with Crippen molar-refractivity contribution in [2.75, 3.05) is 26.2 Å². The lowest BCUT2D eigenvalue weighted by Crippen LogP contribution is -2.43. The predicted octanol–water partition coefficient (Wildman–Crippen LogP) is 0.788. The Labute approximate surface area is 104 Å². The summed E-state index contributed by atoms with van der Waals surface area (Å²) in [6, 6.07) is 3.69. The molecule has 90 valence electrons. The number of nitrogens with one attached hydrogen (secondary N) is 1. The lowest BCUT2D eigenvalue weighted by molar-refractivity contribution is 0.227. The molecule has 1 N–H and O–H groups in total. The molecule has 0 aliphatic carbocycles. The Kier molecular flexibility index (Phi) is 2.96. The Hall–Kier alpha value is -1.17. The summed E-state index contributed by atoms with van der Waals surface area (Å²) in [6.07, 6.45) is 1.93. The number of nitrogens with zero attached hydrogens (tertiary/aromatic N) is 4. The number of piperazine rings is 1. The molecular weight excluding hydrogens is 238 g/mol. The van der Waals surface area contributed by atoms with Crippen LogP contribution in [0.1, 0.15) is 5.82 Å². The van der Waals surface area contributed by atoms with E-state index in [9.17, 15) is 0 Å². The van der Waals surface area contributed by atoms with Crippen molar-refractivity contribution < 1.29 is 0 Å². The first-order valence-corrected chi connectivity index (χ1v) is 6.13. The number of pyridine rings is 1. The quantitative estimate of drug-likeness (QED) is 0.857. The molecule has 5 nitrogen and oxygen atoms in total. The second-order valence-corrected chi connectivity index (χ2v) is 4.65. The van der Waals surface area contributed by atoms with Crippen molar-refractivity contribution in [3.63, 3.8) is 0 Å². The maximum Gasteiger partial charge on any atom is 0.162 e. The first-order chi connectivity index (χ1) is 8.33. The molecule has 1 saturated heterocycles. The highest BCUT2D eigenvalue weighted by molar-refractivity contribution is 6.30. The van der Waals surface area contributed by atoms with Gasteiger partial charge in [-0.3, -0.25) is 9.30 Å². The molecule has 1 fully saturated rings. The van der Waals surface area contributed by atoms with Crippen molar-refractivity contribution in [2.45, 2.75) is 6.54 Å². The molecule has 0 amide bonds.